The lowest BCUT2D eigenvalue weighted by atomic mass is 10.1. The highest BCUT2D eigenvalue weighted by Gasteiger charge is 2.23. The van der Waals surface area contributed by atoms with Crippen molar-refractivity contribution in [2.75, 3.05) is 6.61 Å². The molecule has 0 spiro atoms. The van der Waals surface area contributed by atoms with Crippen LogP contribution in [0.3, 0.4) is 0 Å². The Balaban J connectivity index is 2.29. The van der Waals surface area contributed by atoms with Crippen LogP contribution in [0.15, 0.2) is 0 Å². The molecule has 0 aromatic carbocycles. The van der Waals surface area contributed by atoms with Gasteiger partial charge in [0, 0.05) is 6.61 Å². The van der Waals surface area contributed by atoms with E-state index >= 15 is 0 Å². The molecule has 1 aliphatic rings. The van der Waals surface area contributed by atoms with E-state index in [9.17, 15) is 4.79 Å². The summed E-state index contributed by atoms with van der Waals surface area (Å²) < 4.78 is 9.93. The van der Waals surface area contributed by atoms with Crippen molar-refractivity contribution >= 4 is 6.16 Å². The monoisotopic (exact) mass is 174 g/mol. The number of ether oxygens (including phenoxy) is 2. The van der Waals surface area contributed by atoms with Crippen LogP contribution in [0.2, 0.25) is 0 Å². The molecule has 4 nitrogen and oxygen atoms in total. The molecule has 1 rings (SSSR count). The highest BCUT2D eigenvalue weighted by Crippen LogP contribution is 2.17. The van der Waals surface area contributed by atoms with Gasteiger partial charge in [-0.15, -0.1) is 0 Å². The van der Waals surface area contributed by atoms with Crippen molar-refractivity contribution in [2.45, 2.75) is 38.4 Å². The van der Waals surface area contributed by atoms with E-state index in [2.05, 4.69) is 4.74 Å². The van der Waals surface area contributed by atoms with Gasteiger partial charge in [-0.2, -0.15) is 0 Å². The molecule has 2 atom stereocenters. The summed E-state index contributed by atoms with van der Waals surface area (Å²) in [7, 11) is 0. The van der Waals surface area contributed by atoms with Crippen LogP contribution in [-0.2, 0) is 9.47 Å². The minimum Gasteiger partial charge on any atom is -0.450 e. The van der Waals surface area contributed by atoms with Gasteiger partial charge in [0.05, 0.1) is 6.10 Å². The van der Waals surface area contributed by atoms with Gasteiger partial charge in [-0.3, -0.25) is 0 Å². The largest absolute Gasteiger partial charge is 0.506 e. The van der Waals surface area contributed by atoms with Crippen LogP contribution in [0.1, 0.15) is 26.2 Å². The van der Waals surface area contributed by atoms with E-state index in [4.69, 9.17) is 9.84 Å². The molecule has 0 bridgehead atoms. The first kappa shape index (κ1) is 9.32. The zero-order valence-corrected chi connectivity index (χ0v) is 7.16. The Kier molecular flexibility index (Phi) is 3.34. The van der Waals surface area contributed by atoms with E-state index in [0.717, 1.165) is 25.9 Å². The smallest absolute Gasteiger partial charge is 0.450 e. The third kappa shape index (κ3) is 2.70. The second-order valence-electron chi connectivity index (χ2n) is 2.99. The maximum atomic E-state index is 10.2. The Bertz CT molecular complexity index is 151. The Morgan fingerprint density at radius 3 is 2.92 bits per heavy atom. The molecular formula is C8H14O4. The highest BCUT2D eigenvalue weighted by atomic mass is 16.7. The Morgan fingerprint density at radius 2 is 2.42 bits per heavy atom. The number of carbonyl (C=O) groups is 1. The van der Waals surface area contributed by atoms with Gasteiger partial charge in [-0.1, -0.05) is 0 Å². The third-order valence-electron chi connectivity index (χ3n) is 2.03. The van der Waals surface area contributed by atoms with Crippen molar-refractivity contribution in [3.63, 3.8) is 0 Å². The zero-order chi connectivity index (χ0) is 8.97. The van der Waals surface area contributed by atoms with Crippen LogP contribution in [-0.4, -0.2) is 30.1 Å². The fraction of sp³-hybridized carbons (Fsp3) is 0.875. The average molecular weight is 174 g/mol. The second kappa shape index (κ2) is 4.30. The van der Waals surface area contributed by atoms with E-state index < -0.39 is 6.16 Å². The molecule has 4 heteroatoms. The van der Waals surface area contributed by atoms with Crippen molar-refractivity contribution in [1.82, 2.24) is 0 Å². The lowest BCUT2D eigenvalue weighted by Gasteiger charge is -2.26. The van der Waals surface area contributed by atoms with Gasteiger partial charge in [0.15, 0.2) is 0 Å². The normalized spacial score (nSPS) is 26.2. The van der Waals surface area contributed by atoms with E-state index in [1.807, 2.05) is 0 Å². The van der Waals surface area contributed by atoms with Gasteiger partial charge in [0.25, 0.3) is 0 Å². The number of hydrogen-bond donors (Lipinski definition) is 1. The molecule has 1 aliphatic heterocycles. The Hall–Kier alpha value is -0.770. The van der Waals surface area contributed by atoms with E-state index in [1.165, 1.54) is 0 Å². The first-order chi connectivity index (χ1) is 5.70. The first-order valence-corrected chi connectivity index (χ1v) is 4.21. The number of rotatable bonds is 2. The third-order valence-corrected chi connectivity index (χ3v) is 2.03. The summed E-state index contributed by atoms with van der Waals surface area (Å²) in [4.78, 5) is 10.2. The van der Waals surface area contributed by atoms with Crippen LogP contribution in [0.25, 0.3) is 0 Å². The van der Waals surface area contributed by atoms with Crippen LogP contribution < -0.4 is 0 Å². The van der Waals surface area contributed by atoms with Crippen molar-refractivity contribution in [2.24, 2.45) is 0 Å². The average Bonchev–Trinajstić information content (AvgIpc) is 2.05. The first-order valence-electron chi connectivity index (χ1n) is 4.21. The molecule has 0 aromatic heterocycles. The fourth-order valence-electron chi connectivity index (χ4n) is 1.37. The lowest BCUT2D eigenvalue weighted by Crippen LogP contribution is -2.33. The van der Waals surface area contributed by atoms with Gasteiger partial charge < -0.3 is 14.6 Å². The van der Waals surface area contributed by atoms with Gasteiger partial charge in [-0.05, 0) is 26.2 Å². The molecule has 1 fully saturated rings. The van der Waals surface area contributed by atoms with Crippen LogP contribution >= 0.6 is 0 Å². The predicted molar refractivity (Wildman–Crippen MR) is 42.2 cm³/mol. The van der Waals surface area contributed by atoms with Gasteiger partial charge in [-0.25, -0.2) is 4.79 Å². The number of carboxylic acid groups (broad SMARTS) is 1. The highest BCUT2D eigenvalue weighted by molar-refractivity contribution is 5.57. The summed E-state index contributed by atoms with van der Waals surface area (Å²) in [6, 6.07) is 0. The quantitative estimate of drug-likeness (QED) is 0.646. The standard InChI is InChI=1S/C8H14O4/c1-6(12-8(9)10)7-4-2-3-5-11-7/h6-7H,2-5H2,1H3,(H,9,10). The Morgan fingerprint density at radius 1 is 1.67 bits per heavy atom. The molecule has 1 N–H and O–H groups in total. The minimum absolute atomic E-state index is 0.0464. The van der Waals surface area contributed by atoms with E-state index in [-0.39, 0.29) is 12.2 Å². The molecule has 0 radical (unpaired) electrons. The van der Waals surface area contributed by atoms with Crippen molar-refractivity contribution in [3.05, 3.63) is 0 Å². The van der Waals surface area contributed by atoms with Crippen LogP contribution in [0.5, 0.6) is 0 Å². The second-order valence-corrected chi connectivity index (χ2v) is 2.99. The van der Waals surface area contributed by atoms with E-state index in [0.29, 0.717) is 0 Å². The van der Waals surface area contributed by atoms with Crippen molar-refractivity contribution < 1.29 is 19.4 Å². The van der Waals surface area contributed by atoms with Crippen LogP contribution in [0, 0.1) is 0 Å². The van der Waals surface area contributed by atoms with Crippen molar-refractivity contribution in [3.8, 4) is 0 Å². The number of hydrogen-bond acceptors (Lipinski definition) is 3. The topological polar surface area (TPSA) is 55.8 Å². The lowest BCUT2D eigenvalue weighted by molar-refractivity contribution is -0.0688. The van der Waals surface area contributed by atoms with Gasteiger partial charge in [0.1, 0.15) is 6.10 Å². The summed E-state index contributed by atoms with van der Waals surface area (Å²) in [6.45, 7) is 2.45. The molecule has 0 aromatic rings. The summed E-state index contributed by atoms with van der Waals surface area (Å²) >= 11 is 0. The maximum Gasteiger partial charge on any atom is 0.506 e. The fourth-order valence-corrected chi connectivity index (χ4v) is 1.37. The predicted octanol–water partition coefficient (Wildman–Crippen LogP) is 1.64. The van der Waals surface area contributed by atoms with Gasteiger partial charge >= 0.3 is 6.16 Å². The molecule has 0 amide bonds. The SMILES string of the molecule is CC(OC(=O)O)C1CCCCO1. The van der Waals surface area contributed by atoms with Crippen LogP contribution in [0.4, 0.5) is 4.79 Å². The van der Waals surface area contributed by atoms with Crippen molar-refractivity contribution in [1.29, 1.82) is 0 Å². The molecule has 1 saturated heterocycles. The molecule has 70 valence electrons. The molecule has 0 saturated carbocycles. The Labute approximate surface area is 71.5 Å². The molecule has 1 heterocycles. The van der Waals surface area contributed by atoms with E-state index in [1.54, 1.807) is 6.92 Å². The summed E-state index contributed by atoms with van der Waals surface area (Å²) in [6.07, 6.45) is 1.44. The summed E-state index contributed by atoms with van der Waals surface area (Å²) in [5.74, 6) is 0. The summed E-state index contributed by atoms with van der Waals surface area (Å²) in [5, 5.41) is 8.34. The zero-order valence-electron chi connectivity index (χ0n) is 7.16. The molecular weight excluding hydrogens is 160 g/mol. The minimum atomic E-state index is -1.23. The molecule has 12 heavy (non-hydrogen) atoms. The maximum absolute atomic E-state index is 10.2. The van der Waals surface area contributed by atoms with Gasteiger partial charge in [0.2, 0.25) is 0 Å². The molecule has 0 aliphatic carbocycles. The molecule has 2 unspecified atom stereocenters. The summed E-state index contributed by atoms with van der Waals surface area (Å²) in [5.41, 5.74) is 0.